The molecule has 2 heterocycles. The second kappa shape index (κ2) is 7.75. The lowest BCUT2D eigenvalue weighted by Gasteiger charge is -2.38. The van der Waals surface area contributed by atoms with Gasteiger partial charge in [0.25, 0.3) is 5.56 Å². The number of amides is 1. The van der Waals surface area contributed by atoms with E-state index in [0.717, 1.165) is 16.5 Å². The summed E-state index contributed by atoms with van der Waals surface area (Å²) in [6.45, 7) is 3.45. The number of carbonyl (C=O) groups excluding carboxylic acids is 1. The highest BCUT2D eigenvalue weighted by Crippen LogP contribution is 2.38. The first-order valence-corrected chi connectivity index (χ1v) is 9.79. The number of carbonyl (C=O) groups is 1. The van der Waals surface area contributed by atoms with Crippen LogP contribution in [-0.4, -0.2) is 32.1 Å². The molecule has 150 valence electrons. The van der Waals surface area contributed by atoms with Gasteiger partial charge >= 0.3 is 0 Å². The van der Waals surface area contributed by atoms with E-state index in [4.69, 9.17) is 0 Å². The highest BCUT2D eigenvalue weighted by molar-refractivity contribution is 5.81. The van der Waals surface area contributed by atoms with Gasteiger partial charge in [-0.05, 0) is 50.3 Å². The van der Waals surface area contributed by atoms with Crippen molar-refractivity contribution < 1.29 is 9.90 Å². The summed E-state index contributed by atoms with van der Waals surface area (Å²) in [5.41, 5.74) is 2.44. The van der Waals surface area contributed by atoms with Gasteiger partial charge < -0.3 is 15.4 Å². The number of hydrogen-bond acceptors (Lipinski definition) is 5. The Morgan fingerprint density at radius 1 is 1.31 bits per heavy atom. The number of aromatic amines is 1. The van der Waals surface area contributed by atoms with Gasteiger partial charge in [-0.3, -0.25) is 14.6 Å². The highest BCUT2D eigenvalue weighted by Gasteiger charge is 2.36. The smallest absolute Gasteiger partial charge is 0.254 e. The molecule has 1 saturated carbocycles. The molecule has 3 N–H and O–H groups in total. The zero-order valence-electron chi connectivity index (χ0n) is 16.5. The minimum absolute atomic E-state index is 0.0404. The van der Waals surface area contributed by atoms with Crippen molar-refractivity contribution in [1.29, 1.82) is 0 Å². The molecule has 1 aromatic carbocycles. The average Bonchev–Trinajstić information content (AvgIpc) is 2.66. The van der Waals surface area contributed by atoms with E-state index in [1.54, 1.807) is 20.0 Å². The molecule has 1 aliphatic rings. The van der Waals surface area contributed by atoms with Crippen molar-refractivity contribution in [2.45, 2.75) is 45.3 Å². The monoisotopic (exact) mass is 392 g/mol. The van der Waals surface area contributed by atoms with Gasteiger partial charge in [-0.15, -0.1) is 0 Å². The molecule has 29 heavy (non-hydrogen) atoms. The second-order valence-electron chi connectivity index (χ2n) is 7.78. The quantitative estimate of drug-likeness (QED) is 0.616. The van der Waals surface area contributed by atoms with Crippen LogP contribution in [0.4, 0.5) is 0 Å². The summed E-state index contributed by atoms with van der Waals surface area (Å²) in [5, 5.41) is 13.8. The van der Waals surface area contributed by atoms with Gasteiger partial charge in [0.05, 0.1) is 24.1 Å². The molecule has 0 spiro atoms. The van der Waals surface area contributed by atoms with Crippen LogP contribution in [0.15, 0.2) is 41.3 Å². The fourth-order valence-corrected chi connectivity index (χ4v) is 3.98. The summed E-state index contributed by atoms with van der Waals surface area (Å²) < 4.78 is 0. The summed E-state index contributed by atoms with van der Waals surface area (Å²) in [6, 6.07) is 9.59. The lowest BCUT2D eigenvalue weighted by atomic mass is 9.75. The first-order chi connectivity index (χ1) is 13.9. The largest absolute Gasteiger partial charge is 0.393 e. The maximum Gasteiger partial charge on any atom is 0.254 e. The Morgan fingerprint density at radius 2 is 2.07 bits per heavy atom. The molecule has 1 fully saturated rings. The number of hydrogen-bond donors (Lipinski definition) is 3. The van der Waals surface area contributed by atoms with Crippen molar-refractivity contribution >= 4 is 16.8 Å². The number of aryl methyl sites for hydroxylation is 2. The number of aliphatic hydroxyl groups is 1. The van der Waals surface area contributed by atoms with Crippen LogP contribution in [0, 0.1) is 19.8 Å². The first-order valence-electron chi connectivity index (χ1n) is 9.79. The minimum Gasteiger partial charge on any atom is -0.393 e. The summed E-state index contributed by atoms with van der Waals surface area (Å²) >= 11 is 0. The lowest BCUT2D eigenvalue weighted by Crippen LogP contribution is -2.42. The summed E-state index contributed by atoms with van der Waals surface area (Å²) in [5.74, 6) is 0.413. The van der Waals surface area contributed by atoms with Gasteiger partial charge in [0.15, 0.2) is 0 Å². The van der Waals surface area contributed by atoms with E-state index in [2.05, 4.69) is 20.3 Å². The Labute approximate surface area is 168 Å². The van der Waals surface area contributed by atoms with Gasteiger partial charge in [0.2, 0.25) is 5.91 Å². The van der Waals surface area contributed by atoms with Gasteiger partial charge in [-0.2, -0.15) is 0 Å². The highest BCUT2D eigenvalue weighted by atomic mass is 16.3. The third-order valence-electron chi connectivity index (χ3n) is 5.59. The summed E-state index contributed by atoms with van der Waals surface area (Å²) in [6.07, 6.45) is 2.66. The van der Waals surface area contributed by atoms with Crippen molar-refractivity contribution in [1.82, 2.24) is 20.3 Å². The van der Waals surface area contributed by atoms with Gasteiger partial charge in [0.1, 0.15) is 5.82 Å². The van der Waals surface area contributed by atoms with E-state index in [1.165, 1.54) is 0 Å². The lowest BCUT2D eigenvalue weighted by molar-refractivity contribution is -0.122. The van der Waals surface area contributed by atoms with Crippen LogP contribution in [-0.2, 0) is 11.2 Å². The average molecular weight is 392 g/mol. The van der Waals surface area contributed by atoms with Crippen molar-refractivity contribution in [2.24, 2.45) is 5.92 Å². The number of benzene rings is 1. The Hall–Kier alpha value is -3.06. The number of aromatic nitrogens is 3. The van der Waals surface area contributed by atoms with Crippen molar-refractivity contribution in [3.63, 3.8) is 0 Å². The molecule has 4 rings (SSSR count). The SMILES string of the molecule is Cc1nc(C)c(CC(=O)NC(c2cnc3ccccc3c2)C2CC(O)C2)c(=O)[nH]1. The van der Waals surface area contributed by atoms with Crippen molar-refractivity contribution in [3.05, 3.63) is 69.5 Å². The third kappa shape index (κ3) is 4.05. The van der Waals surface area contributed by atoms with Crippen LogP contribution in [0.5, 0.6) is 0 Å². The number of para-hydroxylation sites is 1. The maximum atomic E-state index is 12.8. The van der Waals surface area contributed by atoms with Crippen LogP contribution in [0.25, 0.3) is 10.9 Å². The normalized spacial score (nSPS) is 19.6. The topological polar surface area (TPSA) is 108 Å². The van der Waals surface area contributed by atoms with Crippen LogP contribution >= 0.6 is 0 Å². The number of nitrogens with one attached hydrogen (secondary N) is 2. The molecule has 1 amide bonds. The molecule has 2 aromatic heterocycles. The Bertz CT molecular complexity index is 1120. The Balaban J connectivity index is 1.59. The van der Waals surface area contributed by atoms with E-state index < -0.39 is 0 Å². The number of nitrogens with zero attached hydrogens (tertiary/aromatic N) is 2. The van der Waals surface area contributed by atoms with Crippen molar-refractivity contribution in [2.75, 3.05) is 0 Å². The summed E-state index contributed by atoms with van der Waals surface area (Å²) in [7, 11) is 0. The van der Waals surface area contributed by atoms with Gasteiger partial charge in [-0.25, -0.2) is 4.98 Å². The van der Waals surface area contributed by atoms with Gasteiger partial charge in [-0.1, -0.05) is 18.2 Å². The van der Waals surface area contributed by atoms with E-state index in [0.29, 0.717) is 29.9 Å². The zero-order valence-corrected chi connectivity index (χ0v) is 16.5. The van der Waals surface area contributed by atoms with Crippen molar-refractivity contribution in [3.8, 4) is 0 Å². The minimum atomic E-state index is -0.334. The van der Waals surface area contributed by atoms with Crippen LogP contribution in [0.1, 0.15) is 41.5 Å². The molecular weight excluding hydrogens is 368 g/mol. The molecule has 3 aromatic rings. The fourth-order valence-electron chi connectivity index (χ4n) is 3.98. The Morgan fingerprint density at radius 3 is 2.79 bits per heavy atom. The predicted molar refractivity (Wildman–Crippen MR) is 109 cm³/mol. The number of aliphatic hydroxyl groups excluding tert-OH is 1. The van der Waals surface area contributed by atoms with E-state index >= 15 is 0 Å². The van der Waals surface area contributed by atoms with Crippen LogP contribution in [0.3, 0.4) is 0 Å². The number of fused-ring (bicyclic) bond motifs is 1. The maximum absolute atomic E-state index is 12.8. The summed E-state index contributed by atoms with van der Waals surface area (Å²) in [4.78, 5) is 36.4. The molecule has 1 unspecified atom stereocenters. The van der Waals surface area contributed by atoms with Gasteiger partial charge in [0, 0.05) is 22.8 Å². The molecule has 0 aliphatic heterocycles. The van der Waals surface area contributed by atoms with E-state index in [9.17, 15) is 14.7 Å². The number of H-pyrrole nitrogens is 1. The van der Waals surface area contributed by atoms with E-state index in [-0.39, 0.29) is 36.0 Å². The molecule has 7 heteroatoms. The molecular formula is C22H24N4O3. The Kier molecular flexibility index (Phi) is 5.15. The third-order valence-corrected chi connectivity index (χ3v) is 5.59. The number of rotatable bonds is 5. The first kappa shape index (κ1) is 19.3. The van der Waals surface area contributed by atoms with E-state index in [1.807, 2.05) is 30.3 Å². The predicted octanol–water partition coefficient (Wildman–Crippen LogP) is 2.11. The number of pyridine rings is 1. The van der Waals surface area contributed by atoms with Crippen LogP contribution < -0.4 is 10.9 Å². The molecule has 1 aliphatic carbocycles. The molecule has 0 bridgehead atoms. The second-order valence-corrected chi connectivity index (χ2v) is 7.78. The zero-order chi connectivity index (χ0) is 20.5. The van der Waals surface area contributed by atoms with Crippen LogP contribution in [0.2, 0.25) is 0 Å². The standard InChI is InChI=1S/C22H24N4O3/c1-12-18(22(29)25-13(2)24-12)10-20(28)26-21(15-8-17(27)9-15)16-7-14-5-3-4-6-19(14)23-11-16/h3-7,11,15,17,21,27H,8-10H2,1-2H3,(H,26,28)(H,24,25,29). The molecule has 0 radical (unpaired) electrons. The molecule has 0 saturated heterocycles. The molecule has 1 atom stereocenters. The fraction of sp³-hybridized carbons (Fsp3) is 0.364. The molecule has 7 nitrogen and oxygen atoms in total.